The van der Waals surface area contributed by atoms with Gasteiger partial charge in [-0.2, -0.15) is 0 Å². The Morgan fingerprint density at radius 1 is 1.26 bits per heavy atom. The number of anilines is 1. The number of nitrogens with one attached hydrogen (secondary N) is 1. The van der Waals surface area contributed by atoms with Crippen LogP contribution in [0.2, 0.25) is 5.02 Å². The molecule has 3 aromatic rings. The van der Waals surface area contributed by atoms with Crippen LogP contribution in [0.5, 0.6) is 5.75 Å². The van der Waals surface area contributed by atoms with E-state index in [1.807, 2.05) is 18.2 Å². The van der Waals surface area contributed by atoms with Gasteiger partial charge in [-0.15, -0.1) is 10.2 Å². The number of nitrogens with zero attached hydrogens (tertiary/aromatic N) is 3. The van der Waals surface area contributed by atoms with Crippen molar-refractivity contribution < 1.29 is 9.53 Å². The third-order valence-corrected chi connectivity index (χ3v) is 3.98. The first-order valence-corrected chi connectivity index (χ1v) is 7.34. The summed E-state index contributed by atoms with van der Waals surface area (Å²) in [5.41, 5.74) is 2.53. The van der Waals surface area contributed by atoms with Crippen LogP contribution in [0.1, 0.15) is 21.7 Å². The van der Waals surface area contributed by atoms with Crippen LogP contribution >= 0.6 is 11.6 Å². The number of carbonyl (C=O) groups is 1. The fourth-order valence-corrected chi connectivity index (χ4v) is 2.43. The number of carbonyl (C=O) groups excluding carboxylic acids is 1. The molecule has 0 saturated heterocycles. The standard InChI is InChI=1S/C16H15ClN4O2/c1-9-6-13(14(23-3)8-12(9)17)18-16(22)11-4-5-21-10(2)19-20-15(21)7-11/h4-8H,1-3H3,(H,18,22). The lowest BCUT2D eigenvalue weighted by molar-refractivity contribution is 0.102. The predicted molar refractivity (Wildman–Crippen MR) is 88.4 cm³/mol. The fraction of sp³-hybridized carbons (Fsp3) is 0.188. The average Bonchev–Trinajstić information content (AvgIpc) is 2.91. The lowest BCUT2D eigenvalue weighted by Crippen LogP contribution is -2.13. The van der Waals surface area contributed by atoms with Crippen LogP contribution in [0.15, 0.2) is 30.5 Å². The first kappa shape index (κ1) is 15.3. The second-order valence-electron chi connectivity index (χ2n) is 5.15. The molecule has 7 heteroatoms. The molecule has 1 N–H and O–H groups in total. The number of amides is 1. The van der Waals surface area contributed by atoms with E-state index in [1.54, 1.807) is 30.5 Å². The number of halogens is 1. The summed E-state index contributed by atoms with van der Waals surface area (Å²) in [6.45, 7) is 3.71. The van der Waals surface area contributed by atoms with E-state index < -0.39 is 0 Å². The molecule has 0 aliphatic rings. The topological polar surface area (TPSA) is 68.5 Å². The van der Waals surface area contributed by atoms with Crippen LogP contribution in [-0.2, 0) is 0 Å². The number of methoxy groups -OCH3 is 1. The highest BCUT2D eigenvalue weighted by Gasteiger charge is 2.13. The minimum Gasteiger partial charge on any atom is -0.495 e. The van der Waals surface area contributed by atoms with E-state index in [9.17, 15) is 4.79 Å². The highest BCUT2D eigenvalue weighted by atomic mass is 35.5. The molecule has 0 saturated carbocycles. The van der Waals surface area contributed by atoms with Gasteiger partial charge >= 0.3 is 0 Å². The van der Waals surface area contributed by atoms with Gasteiger partial charge in [0.1, 0.15) is 11.6 Å². The summed E-state index contributed by atoms with van der Waals surface area (Å²) in [5.74, 6) is 1.02. The lowest BCUT2D eigenvalue weighted by Gasteiger charge is -2.12. The molecular formula is C16H15ClN4O2. The first-order chi connectivity index (χ1) is 11.0. The molecule has 0 atom stereocenters. The molecule has 2 heterocycles. The molecule has 3 rings (SSSR count). The van der Waals surface area contributed by atoms with Crippen LogP contribution in [0.4, 0.5) is 5.69 Å². The molecule has 0 bridgehead atoms. The molecule has 1 aromatic carbocycles. The number of aromatic nitrogens is 3. The van der Waals surface area contributed by atoms with E-state index in [0.717, 1.165) is 11.4 Å². The zero-order chi connectivity index (χ0) is 16.6. The van der Waals surface area contributed by atoms with E-state index in [2.05, 4.69) is 15.5 Å². The molecule has 0 aliphatic carbocycles. The molecule has 0 spiro atoms. The Bertz CT molecular complexity index is 904. The van der Waals surface area contributed by atoms with Crippen LogP contribution in [0, 0.1) is 13.8 Å². The second-order valence-corrected chi connectivity index (χ2v) is 5.55. The van der Waals surface area contributed by atoms with Crippen LogP contribution < -0.4 is 10.1 Å². The summed E-state index contributed by atoms with van der Waals surface area (Å²) in [5, 5.41) is 11.4. The van der Waals surface area contributed by atoms with Crippen molar-refractivity contribution in [2.75, 3.05) is 12.4 Å². The van der Waals surface area contributed by atoms with Crippen LogP contribution in [0.3, 0.4) is 0 Å². The van der Waals surface area contributed by atoms with E-state index in [0.29, 0.717) is 27.7 Å². The van der Waals surface area contributed by atoms with Crippen molar-refractivity contribution in [1.29, 1.82) is 0 Å². The van der Waals surface area contributed by atoms with E-state index >= 15 is 0 Å². The summed E-state index contributed by atoms with van der Waals surface area (Å²) >= 11 is 6.08. The van der Waals surface area contributed by atoms with Crippen molar-refractivity contribution in [3.05, 3.63) is 52.4 Å². The zero-order valence-corrected chi connectivity index (χ0v) is 13.7. The van der Waals surface area contributed by atoms with Crippen molar-refractivity contribution in [2.24, 2.45) is 0 Å². The number of hydrogen-bond acceptors (Lipinski definition) is 4. The third kappa shape index (κ3) is 2.85. The number of hydrogen-bond donors (Lipinski definition) is 1. The number of benzene rings is 1. The highest BCUT2D eigenvalue weighted by Crippen LogP contribution is 2.31. The largest absolute Gasteiger partial charge is 0.495 e. The fourth-order valence-electron chi connectivity index (χ4n) is 2.28. The maximum absolute atomic E-state index is 12.5. The van der Waals surface area contributed by atoms with Gasteiger partial charge in [0, 0.05) is 22.8 Å². The van der Waals surface area contributed by atoms with Gasteiger partial charge in [0.25, 0.3) is 5.91 Å². The highest BCUT2D eigenvalue weighted by molar-refractivity contribution is 6.31. The minimum absolute atomic E-state index is 0.256. The van der Waals surface area contributed by atoms with Crippen LogP contribution in [-0.4, -0.2) is 27.6 Å². The Morgan fingerprint density at radius 2 is 2.04 bits per heavy atom. The summed E-state index contributed by atoms with van der Waals surface area (Å²) in [4.78, 5) is 12.5. The number of rotatable bonds is 3. The van der Waals surface area contributed by atoms with Gasteiger partial charge in [-0.3, -0.25) is 9.20 Å². The lowest BCUT2D eigenvalue weighted by atomic mass is 10.2. The quantitative estimate of drug-likeness (QED) is 0.800. The number of fused-ring (bicyclic) bond motifs is 1. The Kier molecular flexibility index (Phi) is 3.92. The Labute approximate surface area is 138 Å². The van der Waals surface area contributed by atoms with Gasteiger partial charge in [-0.1, -0.05) is 11.6 Å². The molecule has 0 unspecified atom stereocenters. The van der Waals surface area contributed by atoms with Crippen molar-refractivity contribution in [3.8, 4) is 5.75 Å². The van der Waals surface area contributed by atoms with Crippen molar-refractivity contribution in [3.63, 3.8) is 0 Å². The molecule has 23 heavy (non-hydrogen) atoms. The average molecular weight is 331 g/mol. The molecule has 0 radical (unpaired) electrons. The molecule has 2 aromatic heterocycles. The maximum Gasteiger partial charge on any atom is 0.255 e. The van der Waals surface area contributed by atoms with E-state index in [1.165, 1.54) is 7.11 Å². The summed E-state index contributed by atoms with van der Waals surface area (Å²) in [6, 6.07) is 6.86. The summed E-state index contributed by atoms with van der Waals surface area (Å²) < 4.78 is 7.08. The Hall–Kier alpha value is -2.60. The molecule has 6 nitrogen and oxygen atoms in total. The summed E-state index contributed by atoms with van der Waals surface area (Å²) in [6.07, 6.45) is 1.77. The predicted octanol–water partition coefficient (Wildman–Crippen LogP) is 3.26. The SMILES string of the molecule is COc1cc(Cl)c(C)cc1NC(=O)c1ccn2c(C)nnc2c1. The van der Waals surface area contributed by atoms with Gasteiger partial charge in [-0.25, -0.2) is 0 Å². The Morgan fingerprint density at radius 3 is 2.78 bits per heavy atom. The van der Waals surface area contributed by atoms with Crippen molar-refractivity contribution in [1.82, 2.24) is 14.6 Å². The van der Waals surface area contributed by atoms with Gasteiger partial charge in [0.15, 0.2) is 5.65 Å². The number of ether oxygens (including phenoxy) is 1. The maximum atomic E-state index is 12.5. The molecular weight excluding hydrogens is 316 g/mol. The molecule has 0 aliphatic heterocycles. The Balaban J connectivity index is 1.92. The van der Waals surface area contributed by atoms with Crippen LogP contribution in [0.25, 0.3) is 5.65 Å². The molecule has 118 valence electrons. The normalized spacial score (nSPS) is 10.8. The molecule has 1 amide bonds. The third-order valence-electron chi connectivity index (χ3n) is 3.57. The monoisotopic (exact) mass is 330 g/mol. The smallest absolute Gasteiger partial charge is 0.255 e. The first-order valence-electron chi connectivity index (χ1n) is 6.96. The van der Waals surface area contributed by atoms with E-state index in [-0.39, 0.29) is 5.91 Å². The van der Waals surface area contributed by atoms with Crippen molar-refractivity contribution >= 4 is 28.8 Å². The number of aryl methyl sites for hydroxylation is 2. The summed E-state index contributed by atoms with van der Waals surface area (Å²) in [7, 11) is 1.53. The molecule has 0 fully saturated rings. The minimum atomic E-state index is -0.256. The second kappa shape index (κ2) is 5.89. The number of pyridine rings is 1. The van der Waals surface area contributed by atoms with Gasteiger partial charge in [0.05, 0.1) is 12.8 Å². The van der Waals surface area contributed by atoms with E-state index in [4.69, 9.17) is 16.3 Å². The zero-order valence-electron chi connectivity index (χ0n) is 12.9. The van der Waals surface area contributed by atoms with Gasteiger partial charge in [-0.05, 0) is 37.6 Å². The van der Waals surface area contributed by atoms with Crippen molar-refractivity contribution in [2.45, 2.75) is 13.8 Å². The van der Waals surface area contributed by atoms with Gasteiger partial charge < -0.3 is 10.1 Å². The van der Waals surface area contributed by atoms with Gasteiger partial charge in [0.2, 0.25) is 0 Å².